The summed E-state index contributed by atoms with van der Waals surface area (Å²) >= 11 is 7.49. The second kappa shape index (κ2) is 10.7. The van der Waals surface area contributed by atoms with E-state index in [4.69, 9.17) is 16.3 Å². The standard InChI is InChI=1S/C21H23ClF3N3O3S/c1-2-31-20(30)17-16(14-6-4-3-5-7-14)18(22)32-19(17)26-15(29)12-27-8-10-28(11-9-27)13-21(23,24)25/h3-7H,2,8-13H2,1H3,(H,26,29). The molecule has 0 unspecified atom stereocenters. The minimum Gasteiger partial charge on any atom is -0.462 e. The van der Waals surface area contributed by atoms with Gasteiger partial charge in [0.05, 0.1) is 19.7 Å². The van der Waals surface area contributed by atoms with Crippen LogP contribution < -0.4 is 5.32 Å². The maximum Gasteiger partial charge on any atom is 0.401 e. The average Bonchev–Trinajstić information content (AvgIpc) is 3.04. The summed E-state index contributed by atoms with van der Waals surface area (Å²) in [5.41, 5.74) is 1.40. The van der Waals surface area contributed by atoms with Crippen LogP contribution in [-0.4, -0.2) is 73.7 Å². The minimum absolute atomic E-state index is 0.00167. The number of benzene rings is 1. The molecular formula is C21H23ClF3N3O3S. The summed E-state index contributed by atoms with van der Waals surface area (Å²) < 4.78 is 43.1. The Labute approximate surface area is 192 Å². The number of hydrogen-bond donors (Lipinski definition) is 1. The van der Waals surface area contributed by atoms with Crippen molar-refractivity contribution in [2.24, 2.45) is 0 Å². The summed E-state index contributed by atoms with van der Waals surface area (Å²) in [5.74, 6) is -0.970. The normalized spacial score (nSPS) is 15.5. The topological polar surface area (TPSA) is 61.9 Å². The third-order valence-corrected chi connectivity index (χ3v) is 6.21. The van der Waals surface area contributed by atoms with Crippen molar-refractivity contribution >= 4 is 39.8 Å². The summed E-state index contributed by atoms with van der Waals surface area (Å²) in [6.07, 6.45) is -4.24. The number of rotatable bonds is 7. The van der Waals surface area contributed by atoms with Gasteiger partial charge in [-0.3, -0.25) is 14.6 Å². The van der Waals surface area contributed by atoms with Crippen molar-refractivity contribution in [2.75, 3.05) is 51.2 Å². The van der Waals surface area contributed by atoms with E-state index in [2.05, 4.69) is 5.32 Å². The Morgan fingerprint density at radius 3 is 2.34 bits per heavy atom. The summed E-state index contributed by atoms with van der Waals surface area (Å²) in [5, 5.41) is 3.02. The number of halogens is 4. The van der Waals surface area contributed by atoms with E-state index in [9.17, 15) is 22.8 Å². The average molecular weight is 490 g/mol. The molecule has 0 saturated carbocycles. The van der Waals surface area contributed by atoms with Crippen LogP contribution in [0.1, 0.15) is 17.3 Å². The Balaban J connectivity index is 1.70. The summed E-state index contributed by atoms with van der Waals surface area (Å²) in [6, 6.07) is 9.08. The fourth-order valence-electron chi connectivity index (χ4n) is 3.48. The molecule has 1 N–H and O–H groups in total. The number of esters is 1. The molecule has 32 heavy (non-hydrogen) atoms. The molecule has 0 atom stereocenters. The molecule has 1 aliphatic rings. The van der Waals surface area contributed by atoms with E-state index in [-0.39, 0.29) is 42.7 Å². The lowest BCUT2D eigenvalue weighted by Crippen LogP contribution is -2.50. The lowest BCUT2D eigenvalue weighted by Gasteiger charge is -2.34. The highest BCUT2D eigenvalue weighted by molar-refractivity contribution is 7.21. The van der Waals surface area contributed by atoms with Gasteiger partial charge >= 0.3 is 12.1 Å². The zero-order valence-corrected chi connectivity index (χ0v) is 18.9. The van der Waals surface area contributed by atoms with Gasteiger partial charge in [0.25, 0.3) is 0 Å². The van der Waals surface area contributed by atoms with Crippen LogP contribution in [-0.2, 0) is 9.53 Å². The number of ether oxygens (including phenoxy) is 1. The SMILES string of the molecule is CCOC(=O)c1c(NC(=O)CN2CCN(CC(F)(F)F)CC2)sc(Cl)c1-c1ccccc1. The lowest BCUT2D eigenvalue weighted by atomic mass is 10.0. The number of carbonyl (C=O) groups is 2. The molecule has 2 heterocycles. The van der Waals surface area contributed by atoms with E-state index in [1.807, 2.05) is 30.3 Å². The van der Waals surface area contributed by atoms with E-state index >= 15 is 0 Å². The van der Waals surface area contributed by atoms with E-state index in [0.717, 1.165) is 16.9 Å². The summed E-state index contributed by atoms with van der Waals surface area (Å²) in [6.45, 7) is 2.03. The summed E-state index contributed by atoms with van der Waals surface area (Å²) in [7, 11) is 0. The predicted octanol–water partition coefficient (Wildman–Crippen LogP) is 4.36. The van der Waals surface area contributed by atoms with Gasteiger partial charge < -0.3 is 10.1 Å². The Hall–Kier alpha value is -2.14. The number of anilines is 1. The first kappa shape index (κ1) is 24.5. The van der Waals surface area contributed by atoms with Gasteiger partial charge in [-0.1, -0.05) is 41.9 Å². The first-order chi connectivity index (χ1) is 15.2. The molecule has 1 aliphatic heterocycles. The van der Waals surface area contributed by atoms with Gasteiger partial charge in [0.1, 0.15) is 14.9 Å². The maximum atomic E-state index is 12.7. The molecule has 0 spiro atoms. The fourth-order valence-corrected chi connectivity index (χ4v) is 4.87. The first-order valence-corrected chi connectivity index (χ1v) is 11.2. The Kier molecular flexibility index (Phi) is 8.16. The van der Waals surface area contributed by atoms with Crippen LogP contribution in [0.4, 0.5) is 18.2 Å². The number of nitrogens with one attached hydrogen (secondary N) is 1. The van der Waals surface area contributed by atoms with Gasteiger partial charge in [-0.25, -0.2) is 4.79 Å². The van der Waals surface area contributed by atoms with E-state index in [0.29, 0.717) is 23.0 Å². The molecule has 1 saturated heterocycles. The Morgan fingerprint density at radius 1 is 1.12 bits per heavy atom. The minimum atomic E-state index is -4.24. The van der Waals surface area contributed by atoms with Gasteiger partial charge in [0, 0.05) is 31.7 Å². The van der Waals surface area contributed by atoms with Gasteiger partial charge in [-0.05, 0) is 12.5 Å². The van der Waals surface area contributed by atoms with Gasteiger partial charge in [-0.15, -0.1) is 11.3 Å². The lowest BCUT2D eigenvalue weighted by molar-refractivity contribution is -0.149. The zero-order valence-electron chi connectivity index (χ0n) is 17.4. The number of alkyl halides is 3. The highest BCUT2D eigenvalue weighted by atomic mass is 35.5. The van der Waals surface area contributed by atoms with Crippen LogP contribution in [0.3, 0.4) is 0 Å². The van der Waals surface area contributed by atoms with Crippen LogP contribution in [0.15, 0.2) is 30.3 Å². The van der Waals surface area contributed by atoms with Gasteiger partial charge in [0.15, 0.2) is 0 Å². The molecule has 0 bridgehead atoms. The summed E-state index contributed by atoms with van der Waals surface area (Å²) in [4.78, 5) is 28.4. The maximum absolute atomic E-state index is 12.7. The Morgan fingerprint density at radius 2 is 1.75 bits per heavy atom. The Bertz CT molecular complexity index is 945. The number of hydrogen-bond acceptors (Lipinski definition) is 6. The van der Waals surface area contributed by atoms with Crippen LogP contribution in [0.2, 0.25) is 4.34 Å². The van der Waals surface area contributed by atoms with Crippen molar-refractivity contribution in [3.8, 4) is 11.1 Å². The third-order valence-electron chi connectivity index (χ3n) is 4.90. The van der Waals surface area contributed by atoms with Crippen LogP contribution in [0.25, 0.3) is 11.1 Å². The fraction of sp³-hybridized carbons (Fsp3) is 0.429. The smallest absolute Gasteiger partial charge is 0.401 e. The van der Waals surface area contributed by atoms with Crippen molar-refractivity contribution < 1.29 is 27.5 Å². The molecule has 2 aromatic rings. The molecule has 1 fully saturated rings. The third kappa shape index (κ3) is 6.44. The van der Waals surface area contributed by atoms with Crippen LogP contribution >= 0.6 is 22.9 Å². The first-order valence-electron chi connectivity index (χ1n) is 10.0. The number of piperazine rings is 1. The van der Waals surface area contributed by atoms with E-state index in [1.165, 1.54) is 4.90 Å². The number of carbonyl (C=O) groups excluding carboxylic acids is 2. The van der Waals surface area contributed by atoms with Crippen LogP contribution in [0.5, 0.6) is 0 Å². The quantitative estimate of drug-likeness (QED) is 0.585. The molecule has 174 valence electrons. The second-order valence-corrected chi connectivity index (χ2v) is 8.88. The molecule has 11 heteroatoms. The predicted molar refractivity (Wildman–Crippen MR) is 118 cm³/mol. The molecule has 6 nitrogen and oxygen atoms in total. The monoisotopic (exact) mass is 489 g/mol. The van der Waals surface area contributed by atoms with Crippen molar-refractivity contribution in [1.82, 2.24) is 9.80 Å². The van der Waals surface area contributed by atoms with Crippen molar-refractivity contribution in [2.45, 2.75) is 13.1 Å². The van der Waals surface area contributed by atoms with Gasteiger partial charge in [-0.2, -0.15) is 13.2 Å². The van der Waals surface area contributed by atoms with Crippen molar-refractivity contribution in [3.05, 3.63) is 40.2 Å². The number of thiophene rings is 1. The van der Waals surface area contributed by atoms with E-state index in [1.54, 1.807) is 11.8 Å². The highest BCUT2D eigenvalue weighted by Gasteiger charge is 2.32. The molecule has 3 rings (SSSR count). The molecule has 0 aliphatic carbocycles. The molecule has 0 radical (unpaired) electrons. The van der Waals surface area contributed by atoms with Gasteiger partial charge in [0.2, 0.25) is 5.91 Å². The zero-order chi connectivity index (χ0) is 23.3. The number of nitrogens with zero attached hydrogens (tertiary/aromatic N) is 2. The molecule has 1 aromatic carbocycles. The van der Waals surface area contributed by atoms with Crippen molar-refractivity contribution in [1.29, 1.82) is 0 Å². The second-order valence-electron chi connectivity index (χ2n) is 7.26. The molecular weight excluding hydrogens is 467 g/mol. The van der Waals surface area contributed by atoms with E-state index < -0.39 is 18.7 Å². The highest BCUT2D eigenvalue weighted by Crippen LogP contribution is 2.43. The molecule has 1 amide bonds. The number of amides is 1. The molecule has 1 aromatic heterocycles. The van der Waals surface area contributed by atoms with Crippen LogP contribution in [0, 0.1) is 0 Å². The van der Waals surface area contributed by atoms with Crippen molar-refractivity contribution in [3.63, 3.8) is 0 Å². The largest absolute Gasteiger partial charge is 0.462 e.